The van der Waals surface area contributed by atoms with Crippen molar-refractivity contribution in [3.63, 3.8) is 0 Å². The van der Waals surface area contributed by atoms with Gasteiger partial charge in [0.25, 0.3) is 0 Å². The number of methoxy groups -OCH3 is 1. The van der Waals surface area contributed by atoms with E-state index < -0.39 is 11.4 Å². The highest BCUT2D eigenvalue weighted by atomic mass is 16.5. The fourth-order valence-corrected chi connectivity index (χ4v) is 3.58. The molecule has 1 unspecified atom stereocenters. The summed E-state index contributed by atoms with van der Waals surface area (Å²) in [4.78, 5) is 29.1. The standard InChI is InChI=1S/C18H22N2O4/c1-12-4-3-5-14-16(12)13(9-19-14)8-15(21)20-7-6-18(10-20,11-24-2)17(22)23/h3-5,9,19H,6-8,10-11H2,1-2H3,(H,22,23). The third kappa shape index (κ3) is 2.78. The largest absolute Gasteiger partial charge is 0.481 e. The maximum atomic E-state index is 12.7. The second kappa shape index (κ2) is 6.28. The molecule has 6 nitrogen and oxygen atoms in total. The summed E-state index contributed by atoms with van der Waals surface area (Å²) in [5.41, 5.74) is 2.10. The number of hydrogen-bond donors (Lipinski definition) is 2. The topological polar surface area (TPSA) is 82.6 Å². The van der Waals surface area contributed by atoms with Gasteiger partial charge in [0, 0.05) is 37.3 Å². The number of hydrogen-bond acceptors (Lipinski definition) is 3. The Hall–Kier alpha value is -2.34. The Morgan fingerprint density at radius 2 is 2.21 bits per heavy atom. The molecule has 1 aliphatic rings. The predicted octanol–water partition coefficient (Wildman–Crippen LogP) is 1.97. The highest BCUT2D eigenvalue weighted by molar-refractivity contribution is 5.91. The van der Waals surface area contributed by atoms with Gasteiger partial charge in [-0.2, -0.15) is 0 Å². The normalized spacial score (nSPS) is 20.7. The van der Waals surface area contributed by atoms with E-state index in [1.807, 2.05) is 31.3 Å². The molecule has 1 aliphatic heterocycles. The lowest BCUT2D eigenvalue weighted by atomic mass is 9.88. The van der Waals surface area contributed by atoms with Crippen LogP contribution in [0.5, 0.6) is 0 Å². The van der Waals surface area contributed by atoms with Crippen LogP contribution in [0.1, 0.15) is 17.5 Å². The molecule has 24 heavy (non-hydrogen) atoms. The number of carboxylic acid groups (broad SMARTS) is 1. The van der Waals surface area contributed by atoms with Gasteiger partial charge in [0.15, 0.2) is 0 Å². The second-order valence-corrected chi connectivity index (χ2v) is 6.57. The number of aromatic amines is 1. The number of carbonyl (C=O) groups excluding carboxylic acids is 1. The van der Waals surface area contributed by atoms with Gasteiger partial charge in [-0.3, -0.25) is 9.59 Å². The van der Waals surface area contributed by atoms with Crippen LogP contribution in [-0.2, 0) is 20.7 Å². The molecule has 0 saturated carbocycles. The summed E-state index contributed by atoms with van der Waals surface area (Å²) in [5.74, 6) is -0.944. The molecule has 2 heterocycles. The number of carbonyl (C=O) groups is 2. The zero-order valence-corrected chi connectivity index (χ0v) is 14.0. The van der Waals surface area contributed by atoms with Crippen LogP contribution in [0.2, 0.25) is 0 Å². The Morgan fingerprint density at radius 1 is 1.42 bits per heavy atom. The summed E-state index contributed by atoms with van der Waals surface area (Å²) in [6, 6.07) is 5.99. The van der Waals surface area contributed by atoms with E-state index in [2.05, 4.69) is 4.98 Å². The average Bonchev–Trinajstić information content (AvgIpc) is 3.14. The van der Waals surface area contributed by atoms with Crippen molar-refractivity contribution in [1.29, 1.82) is 0 Å². The van der Waals surface area contributed by atoms with Gasteiger partial charge in [0.2, 0.25) is 5.91 Å². The summed E-state index contributed by atoms with van der Waals surface area (Å²) in [6.07, 6.45) is 2.56. The SMILES string of the molecule is COCC1(C(=O)O)CCN(C(=O)Cc2c[nH]c3cccc(C)c23)C1. The van der Waals surface area contributed by atoms with Crippen molar-refractivity contribution in [2.24, 2.45) is 5.41 Å². The molecule has 0 radical (unpaired) electrons. The number of aromatic nitrogens is 1. The molecule has 0 spiro atoms. The smallest absolute Gasteiger partial charge is 0.313 e. The van der Waals surface area contributed by atoms with Crippen LogP contribution in [0.4, 0.5) is 0 Å². The van der Waals surface area contributed by atoms with Crippen molar-refractivity contribution in [1.82, 2.24) is 9.88 Å². The molecule has 0 bridgehead atoms. The van der Waals surface area contributed by atoms with Crippen molar-refractivity contribution in [2.45, 2.75) is 19.8 Å². The maximum absolute atomic E-state index is 12.7. The van der Waals surface area contributed by atoms with Crippen molar-refractivity contribution in [3.05, 3.63) is 35.5 Å². The lowest BCUT2D eigenvalue weighted by Crippen LogP contribution is -2.40. The molecular formula is C18H22N2O4. The number of rotatable bonds is 5. The zero-order valence-electron chi connectivity index (χ0n) is 14.0. The molecule has 0 aliphatic carbocycles. The first kappa shape index (κ1) is 16.5. The summed E-state index contributed by atoms with van der Waals surface area (Å²) in [5, 5.41) is 10.6. The molecule has 1 atom stereocenters. The van der Waals surface area contributed by atoms with Crippen LogP contribution >= 0.6 is 0 Å². The lowest BCUT2D eigenvalue weighted by Gasteiger charge is -2.23. The summed E-state index contributed by atoms with van der Waals surface area (Å²) in [6.45, 7) is 2.80. The number of nitrogens with zero attached hydrogens (tertiary/aromatic N) is 1. The monoisotopic (exact) mass is 330 g/mol. The number of carboxylic acids is 1. The van der Waals surface area contributed by atoms with Crippen molar-refractivity contribution < 1.29 is 19.4 Å². The Labute approximate surface area is 140 Å². The van der Waals surface area contributed by atoms with Crippen LogP contribution in [-0.4, -0.2) is 53.7 Å². The first-order valence-corrected chi connectivity index (χ1v) is 8.02. The number of amides is 1. The fourth-order valence-electron chi connectivity index (χ4n) is 3.58. The molecule has 1 aromatic heterocycles. The summed E-state index contributed by atoms with van der Waals surface area (Å²) < 4.78 is 5.07. The average molecular weight is 330 g/mol. The van der Waals surface area contributed by atoms with E-state index in [-0.39, 0.29) is 25.5 Å². The van der Waals surface area contributed by atoms with E-state index in [0.717, 1.165) is 22.0 Å². The minimum absolute atomic E-state index is 0.0432. The molecule has 1 aromatic carbocycles. The zero-order chi connectivity index (χ0) is 17.3. The van der Waals surface area contributed by atoms with E-state index >= 15 is 0 Å². The molecule has 1 fully saturated rings. The second-order valence-electron chi connectivity index (χ2n) is 6.57. The van der Waals surface area contributed by atoms with E-state index in [1.165, 1.54) is 7.11 Å². The van der Waals surface area contributed by atoms with Crippen molar-refractivity contribution in [2.75, 3.05) is 26.8 Å². The Morgan fingerprint density at radius 3 is 2.92 bits per heavy atom. The van der Waals surface area contributed by atoms with Crippen LogP contribution in [0.3, 0.4) is 0 Å². The van der Waals surface area contributed by atoms with Gasteiger partial charge < -0.3 is 19.7 Å². The minimum atomic E-state index is -0.986. The van der Waals surface area contributed by atoms with E-state index in [1.54, 1.807) is 4.90 Å². The van der Waals surface area contributed by atoms with Crippen LogP contribution in [0, 0.1) is 12.3 Å². The molecular weight excluding hydrogens is 308 g/mol. The number of ether oxygens (including phenoxy) is 1. The molecule has 3 rings (SSSR count). The van der Waals surface area contributed by atoms with Gasteiger partial charge in [-0.15, -0.1) is 0 Å². The summed E-state index contributed by atoms with van der Waals surface area (Å²) in [7, 11) is 1.49. The minimum Gasteiger partial charge on any atom is -0.481 e. The molecule has 1 amide bonds. The molecule has 6 heteroatoms. The first-order chi connectivity index (χ1) is 11.5. The number of benzene rings is 1. The Bertz CT molecular complexity index is 782. The van der Waals surface area contributed by atoms with E-state index in [4.69, 9.17) is 4.74 Å². The Kier molecular flexibility index (Phi) is 4.32. The maximum Gasteiger partial charge on any atom is 0.313 e. The van der Waals surface area contributed by atoms with Gasteiger partial charge in [-0.05, 0) is 30.5 Å². The first-order valence-electron chi connectivity index (χ1n) is 8.02. The number of H-pyrrole nitrogens is 1. The predicted molar refractivity (Wildman–Crippen MR) is 89.9 cm³/mol. The van der Waals surface area contributed by atoms with E-state index in [9.17, 15) is 14.7 Å². The number of fused-ring (bicyclic) bond motifs is 1. The van der Waals surface area contributed by atoms with Gasteiger partial charge in [-0.1, -0.05) is 12.1 Å². The Balaban J connectivity index is 1.77. The van der Waals surface area contributed by atoms with Crippen LogP contribution in [0.15, 0.2) is 24.4 Å². The molecule has 1 saturated heterocycles. The number of aliphatic carboxylic acids is 1. The van der Waals surface area contributed by atoms with Crippen molar-refractivity contribution >= 4 is 22.8 Å². The third-order valence-corrected chi connectivity index (χ3v) is 4.92. The number of nitrogens with one attached hydrogen (secondary N) is 1. The highest BCUT2D eigenvalue weighted by Gasteiger charge is 2.46. The molecule has 2 N–H and O–H groups in total. The molecule has 128 valence electrons. The quantitative estimate of drug-likeness (QED) is 0.878. The van der Waals surface area contributed by atoms with Crippen LogP contribution < -0.4 is 0 Å². The number of aryl methyl sites for hydroxylation is 1. The summed E-state index contributed by atoms with van der Waals surface area (Å²) >= 11 is 0. The van der Waals surface area contributed by atoms with Gasteiger partial charge in [0.05, 0.1) is 13.0 Å². The van der Waals surface area contributed by atoms with Gasteiger partial charge >= 0.3 is 5.97 Å². The van der Waals surface area contributed by atoms with Gasteiger partial charge in [0.1, 0.15) is 5.41 Å². The van der Waals surface area contributed by atoms with Crippen LogP contribution in [0.25, 0.3) is 10.9 Å². The lowest BCUT2D eigenvalue weighted by molar-refractivity contribution is -0.151. The molecule has 2 aromatic rings. The van der Waals surface area contributed by atoms with E-state index in [0.29, 0.717) is 13.0 Å². The highest BCUT2D eigenvalue weighted by Crippen LogP contribution is 2.32. The number of likely N-dealkylation sites (tertiary alicyclic amines) is 1. The van der Waals surface area contributed by atoms with Gasteiger partial charge in [-0.25, -0.2) is 0 Å². The van der Waals surface area contributed by atoms with Crippen molar-refractivity contribution in [3.8, 4) is 0 Å². The third-order valence-electron chi connectivity index (χ3n) is 4.92. The fraction of sp³-hybridized carbons (Fsp3) is 0.444.